The Morgan fingerprint density at radius 1 is 1.26 bits per heavy atom. The van der Waals surface area contributed by atoms with Gasteiger partial charge < -0.3 is 0 Å². The van der Waals surface area contributed by atoms with E-state index < -0.39 is 10.2 Å². The Balaban J connectivity index is 1.96. The Bertz CT molecular complexity index is 559. The van der Waals surface area contributed by atoms with E-state index in [0.29, 0.717) is 42.8 Å². The van der Waals surface area contributed by atoms with Crippen LogP contribution in [0.3, 0.4) is 0 Å². The maximum atomic E-state index is 13.7. The molecule has 1 saturated heterocycles. The lowest BCUT2D eigenvalue weighted by Crippen LogP contribution is -2.50. The van der Waals surface area contributed by atoms with Gasteiger partial charge in [-0.1, -0.05) is 22.0 Å². The second kappa shape index (κ2) is 5.84. The second-order valence-electron chi connectivity index (χ2n) is 4.46. The molecular formula is C11H15BrFN3O2S. The van der Waals surface area contributed by atoms with Crippen LogP contribution in [0.2, 0.25) is 0 Å². The summed E-state index contributed by atoms with van der Waals surface area (Å²) in [4.78, 5) is 2.01. The SMILES string of the molecule is NS(=O)(=O)N1CCN(Cc2ccc(Br)cc2F)CC1. The summed E-state index contributed by atoms with van der Waals surface area (Å²) in [7, 11) is -3.61. The molecule has 1 aromatic rings. The molecule has 0 bridgehead atoms. The molecule has 0 unspecified atom stereocenters. The van der Waals surface area contributed by atoms with Crippen LogP contribution in [-0.2, 0) is 16.8 Å². The Morgan fingerprint density at radius 2 is 1.89 bits per heavy atom. The van der Waals surface area contributed by atoms with Gasteiger partial charge in [-0.15, -0.1) is 0 Å². The highest BCUT2D eigenvalue weighted by atomic mass is 79.9. The number of rotatable bonds is 3. The van der Waals surface area contributed by atoms with Crippen LogP contribution in [0.4, 0.5) is 4.39 Å². The Morgan fingerprint density at radius 3 is 2.42 bits per heavy atom. The van der Waals surface area contributed by atoms with E-state index in [-0.39, 0.29) is 5.82 Å². The van der Waals surface area contributed by atoms with Gasteiger partial charge in [0.15, 0.2) is 0 Å². The largest absolute Gasteiger partial charge is 0.296 e. The third-order valence-corrected chi connectivity index (χ3v) is 4.68. The average molecular weight is 352 g/mol. The Hall–Kier alpha value is -0.540. The molecule has 1 heterocycles. The fraction of sp³-hybridized carbons (Fsp3) is 0.455. The molecule has 0 saturated carbocycles. The van der Waals surface area contributed by atoms with Gasteiger partial charge in [-0.25, -0.2) is 9.53 Å². The van der Waals surface area contributed by atoms with Crippen LogP contribution in [0.25, 0.3) is 0 Å². The maximum Gasteiger partial charge on any atom is 0.276 e. The molecular weight excluding hydrogens is 337 g/mol. The first-order valence-corrected chi connectivity index (χ1v) is 8.10. The van der Waals surface area contributed by atoms with E-state index in [4.69, 9.17) is 5.14 Å². The van der Waals surface area contributed by atoms with Crippen molar-refractivity contribution in [3.8, 4) is 0 Å². The molecule has 0 aromatic heterocycles. The third kappa shape index (κ3) is 3.96. The zero-order valence-corrected chi connectivity index (χ0v) is 12.6. The van der Waals surface area contributed by atoms with Crippen molar-refractivity contribution in [3.05, 3.63) is 34.1 Å². The number of benzene rings is 1. The number of hydrogen-bond donors (Lipinski definition) is 1. The lowest BCUT2D eigenvalue weighted by Gasteiger charge is -2.32. The molecule has 0 atom stereocenters. The highest BCUT2D eigenvalue weighted by Crippen LogP contribution is 2.17. The second-order valence-corrected chi connectivity index (χ2v) is 6.92. The van der Waals surface area contributed by atoms with Crippen LogP contribution in [0, 0.1) is 5.82 Å². The van der Waals surface area contributed by atoms with Crippen LogP contribution in [-0.4, -0.2) is 43.8 Å². The highest BCUT2D eigenvalue weighted by Gasteiger charge is 2.24. The molecule has 1 aliphatic rings. The normalized spacial score (nSPS) is 18.7. The summed E-state index contributed by atoms with van der Waals surface area (Å²) in [5.74, 6) is -0.261. The van der Waals surface area contributed by atoms with Crippen molar-refractivity contribution in [2.45, 2.75) is 6.54 Å². The number of nitrogens with two attached hydrogens (primary N) is 1. The van der Waals surface area contributed by atoms with Gasteiger partial charge >= 0.3 is 0 Å². The van der Waals surface area contributed by atoms with Gasteiger partial charge in [0.2, 0.25) is 0 Å². The van der Waals surface area contributed by atoms with E-state index in [0.717, 1.165) is 0 Å². The lowest BCUT2D eigenvalue weighted by molar-refractivity contribution is 0.180. The van der Waals surface area contributed by atoms with Crippen molar-refractivity contribution in [3.63, 3.8) is 0 Å². The summed E-state index contributed by atoms with van der Waals surface area (Å²) in [6.45, 7) is 2.25. The molecule has 106 valence electrons. The fourth-order valence-electron chi connectivity index (χ4n) is 2.03. The summed E-state index contributed by atoms with van der Waals surface area (Å²) in [6, 6.07) is 4.94. The molecule has 0 aliphatic carbocycles. The predicted molar refractivity (Wildman–Crippen MR) is 74.1 cm³/mol. The smallest absolute Gasteiger partial charge is 0.276 e. The molecule has 1 aliphatic heterocycles. The fourth-order valence-corrected chi connectivity index (χ4v) is 3.04. The number of halogens is 2. The maximum absolute atomic E-state index is 13.7. The molecule has 0 spiro atoms. The molecule has 8 heteroatoms. The lowest BCUT2D eigenvalue weighted by atomic mass is 10.2. The van der Waals surface area contributed by atoms with Gasteiger partial charge in [-0.05, 0) is 12.1 Å². The molecule has 19 heavy (non-hydrogen) atoms. The standard InChI is InChI=1S/C11H15BrFN3O2S/c12-10-2-1-9(11(13)7-10)8-15-3-5-16(6-4-15)19(14,17)18/h1-2,7H,3-6,8H2,(H2,14,17,18). The van der Waals surface area contributed by atoms with E-state index in [2.05, 4.69) is 15.9 Å². The number of nitrogens with zero attached hydrogens (tertiary/aromatic N) is 2. The van der Waals surface area contributed by atoms with Crippen LogP contribution >= 0.6 is 15.9 Å². The zero-order valence-electron chi connectivity index (χ0n) is 10.2. The van der Waals surface area contributed by atoms with E-state index >= 15 is 0 Å². The van der Waals surface area contributed by atoms with Crippen molar-refractivity contribution in [2.75, 3.05) is 26.2 Å². The first-order chi connectivity index (χ1) is 8.86. The van der Waals surface area contributed by atoms with Crippen LogP contribution in [0.1, 0.15) is 5.56 Å². The van der Waals surface area contributed by atoms with Crippen LogP contribution < -0.4 is 5.14 Å². The summed E-state index contributed by atoms with van der Waals surface area (Å²) >= 11 is 3.21. The molecule has 2 rings (SSSR count). The van der Waals surface area contributed by atoms with Crippen molar-refractivity contribution in [2.24, 2.45) is 5.14 Å². The molecule has 0 radical (unpaired) electrons. The Kier molecular flexibility index (Phi) is 4.57. The van der Waals surface area contributed by atoms with Crippen molar-refractivity contribution in [1.82, 2.24) is 9.21 Å². The average Bonchev–Trinajstić information content (AvgIpc) is 2.32. The van der Waals surface area contributed by atoms with Crippen molar-refractivity contribution >= 4 is 26.1 Å². The molecule has 1 aromatic carbocycles. The van der Waals surface area contributed by atoms with Gasteiger partial charge in [0.05, 0.1) is 0 Å². The quantitative estimate of drug-likeness (QED) is 0.879. The predicted octanol–water partition coefficient (Wildman–Crippen LogP) is 0.909. The van der Waals surface area contributed by atoms with E-state index in [1.54, 1.807) is 12.1 Å². The van der Waals surface area contributed by atoms with Gasteiger partial charge in [0.25, 0.3) is 10.2 Å². The summed E-state index contributed by atoms with van der Waals surface area (Å²) < 4.78 is 38.0. The van der Waals surface area contributed by atoms with Gasteiger partial charge in [-0.2, -0.15) is 12.7 Å². The highest BCUT2D eigenvalue weighted by molar-refractivity contribution is 9.10. The topological polar surface area (TPSA) is 66.6 Å². The first kappa shape index (κ1) is 14.9. The monoisotopic (exact) mass is 351 g/mol. The number of hydrogen-bond acceptors (Lipinski definition) is 3. The van der Waals surface area contributed by atoms with E-state index in [1.807, 2.05) is 4.90 Å². The van der Waals surface area contributed by atoms with Gasteiger partial charge in [-0.3, -0.25) is 4.90 Å². The summed E-state index contributed by atoms with van der Waals surface area (Å²) in [5, 5.41) is 5.06. The summed E-state index contributed by atoms with van der Waals surface area (Å²) in [6.07, 6.45) is 0. The Labute approximate surface area is 120 Å². The van der Waals surface area contributed by atoms with Crippen molar-refractivity contribution in [1.29, 1.82) is 0 Å². The van der Waals surface area contributed by atoms with E-state index in [1.165, 1.54) is 10.4 Å². The third-order valence-electron chi connectivity index (χ3n) is 3.10. The minimum absolute atomic E-state index is 0.261. The molecule has 5 nitrogen and oxygen atoms in total. The number of piperazine rings is 1. The zero-order chi connectivity index (χ0) is 14.0. The van der Waals surface area contributed by atoms with Crippen molar-refractivity contribution < 1.29 is 12.8 Å². The first-order valence-electron chi connectivity index (χ1n) is 5.80. The summed E-state index contributed by atoms with van der Waals surface area (Å²) in [5.41, 5.74) is 0.604. The van der Waals surface area contributed by atoms with Gasteiger partial charge in [0, 0.05) is 42.8 Å². The molecule has 0 amide bonds. The van der Waals surface area contributed by atoms with Crippen LogP contribution in [0.5, 0.6) is 0 Å². The minimum atomic E-state index is -3.61. The minimum Gasteiger partial charge on any atom is -0.296 e. The molecule has 2 N–H and O–H groups in total. The molecule has 1 fully saturated rings. The van der Waals surface area contributed by atoms with E-state index in [9.17, 15) is 12.8 Å². The van der Waals surface area contributed by atoms with Gasteiger partial charge in [0.1, 0.15) is 5.82 Å². The van der Waals surface area contributed by atoms with Crippen LogP contribution in [0.15, 0.2) is 22.7 Å².